The minimum atomic E-state index is 0.336. The quantitative estimate of drug-likeness (QED) is 0.789. The zero-order valence-corrected chi connectivity index (χ0v) is 11.4. The molecule has 5 heteroatoms. The summed E-state index contributed by atoms with van der Waals surface area (Å²) in [6.45, 7) is 2.13. The Morgan fingerprint density at radius 2 is 2.31 bits per heavy atom. The number of nitrogens with zero attached hydrogens (tertiary/aromatic N) is 2. The van der Waals surface area contributed by atoms with E-state index >= 15 is 0 Å². The van der Waals surface area contributed by atoms with Crippen molar-refractivity contribution in [2.75, 3.05) is 0 Å². The number of halogens is 1. The molecule has 0 saturated heterocycles. The van der Waals surface area contributed by atoms with Gasteiger partial charge in [-0.05, 0) is 18.6 Å². The van der Waals surface area contributed by atoms with Crippen LogP contribution >= 0.6 is 27.3 Å². The summed E-state index contributed by atoms with van der Waals surface area (Å²) in [5.41, 5.74) is 0. The normalized spacial score (nSPS) is 12.9. The molecule has 0 spiro atoms. The minimum absolute atomic E-state index is 0.336. The molecule has 16 heavy (non-hydrogen) atoms. The summed E-state index contributed by atoms with van der Waals surface area (Å²) in [4.78, 5) is 0.336. The predicted octanol–water partition coefficient (Wildman–Crippen LogP) is 3.76. The second-order valence-corrected chi connectivity index (χ2v) is 5.69. The van der Waals surface area contributed by atoms with Crippen LogP contribution in [0.15, 0.2) is 22.8 Å². The molecule has 1 unspecified atom stereocenters. The third kappa shape index (κ3) is 2.92. The van der Waals surface area contributed by atoms with Crippen LogP contribution in [0.3, 0.4) is 0 Å². The van der Waals surface area contributed by atoms with Crippen LogP contribution in [-0.4, -0.2) is 10.2 Å². The van der Waals surface area contributed by atoms with Crippen molar-refractivity contribution in [3.05, 3.63) is 34.2 Å². The Bertz CT molecular complexity index is 427. The third-order valence-corrected chi connectivity index (χ3v) is 4.76. The molecule has 0 radical (unpaired) electrons. The van der Waals surface area contributed by atoms with Gasteiger partial charge in [0.2, 0.25) is 0 Å². The molecule has 0 N–H and O–H groups in total. The number of aryl methyl sites for hydroxylation is 2. The number of hydrogen-bond donors (Lipinski definition) is 0. The molecule has 2 rings (SSSR count). The lowest BCUT2D eigenvalue weighted by Crippen LogP contribution is -1.88. The molecule has 0 saturated carbocycles. The van der Waals surface area contributed by atoms with Crippen LogP contribution in [-0.2, 0) is 12.8 Å². The number of alkyl halides is 1. The first-order chi connectivity index (χ1) is 7.79. The Morgan fingerprint density at radius 3 is 3.00 bits per heavy atom. The highest BCUT2D eigenvalue weighted by molar-refractivity contribution is 9.09. The van der Waals surface area contributed by atoms with Crippen molar-refractivity contribution in [1.82, 2.24) is 10.2 Å². The van der Waals surface area contributed by atoms with Crippen molar-refractivity contribution in [2.45, 2.75) is 31.0 Å². The average molecular weight is 301 g/mol. The van der Waals surface area contributed by atoms with Crippen molar-refractivity contribution in [3.8, 4) is 0 Å². The second-order valence-electron chi connectivity index (χ2n) is 3.49. The van der Waals surface area contributed by atoms with Crippen LogP contribution in [0.5, 0.6) is 0 Å². The van der Waals surface area contributed by atoms with Gasteiger partial charge in [0.15, 0.2) is 0 Å². The smallest absolute Gasteiger partial charge is 0.131 e. The van der Waals surface area contributed by atoms with Crippen molar-refractivity contribution >= 4 is 27.3 Å². The van der Waals surface area contributed by atoms with Crippen LogP contribution in [0.2, 0.25) is 0 Å². The monoisotopic (exact) mass is 300 g/mol. The first kappa shape index (κ1) is 11.8. The first-order valence-corrected chi connectivity index (χ1v) is 7.01. The standard InChI is InChI=1S/C11H13BrN2OS/c1-2-9(12)11-14-13-10(16-11)6-5-8-4-3-7-15-8/h3-4,7,9H,2,5-6H2,1H3. The highest BCUT2D eigenvalue weighted by atomic mass is 79.9. The Balaban J connectivity index is 1.93. The van der Waals surface area contributed by atoms with Crippen LogP contribution in [0, 0.1) is 0 Å². The van der Waals surface area contributed by atoms with E-state index in [1.165, 1.54) is 0 Å². The van der Waals surface area contributed by atoms with Crippen molar-refractivity contribution in [1.29, 1.82) is 0 Å². The fourth-order valence-corrected chi connectivity index (χ4v) is 2.63. The molecule has 2 aromatic rings. The van der Waals surface area contributed by atoms with Gasteiger partial charge in [0.25, 0.3) is 0 Å². The maximum absolute atomic E-state index is 5.28. The molecule has 3 nitrogen and oxygen atoms in total. The zero-order chi connectivity index (χ0) is 11.4. The lowest BCUT2D eigenvalue weighted by Gasteiger charge is -1.97. The third-order valence-electron chi connectivity index (χ3n) is 2.27. The maximum Gasteiger partial charge on any atom is 0.131 e. The van der Waals surface area contributed by atoms with Gasteiger partial charge < -0.3 is 4.42 Å². The summed E-state index contributed by atoms with van der Waals surface area (Å²) in [6, 6.07) is 3.90. The van der Waals surface area contributed by atoms with E-state index in [9.17, 15) is 0 Å². The highest BCUT2D eigenvalue weighted by Gasteiger charge is 2.11. The van der Waals surface area contributed by atoms with Gasteiger partial charge in [-0.2, -0.15) is 0 Å². The van der Waals surface area contributed by atoms with Crippen LogP contribution < -0.4 is 0 Å². The van der Waals surface area contributed by atoms with Crippen molar-refractivity contribution < 1.29 is 4.42 Å². The van der Waals surface area contributed by atoms with Gasteiger partial charge in [0.05, 0.1) is 11.1 Å². The van der Waals surface area contributed by atoms with Gasteiger partial charge >= 0.3 is 0 Å². The van der Waals surface area contributed by atoms with Crippen molar-refractivity contribution in [3.63, 3.8) is 0 Å². The SMILES string of the molecule is CCC(Br)c1nnc(CCc2ccco2)s1. The maximum atomic E-state index is 5.28. The molecule has 86 valence electrons. The largest absolute Gasteiger partial charge is 0.469 e. The summed E-state index contributed by atoms with van der Waals surface area (Å²) in [5.74, 6) is 1.00. The first-order valence-electron chi connectivity index (χ1n) is 5.28. The second kappa shape index (κ2) is 5.59. The highest BCUT2D eigenvalue weighted by Crippen LogP contribution is 2.28. The predicted molar refractivity (Wildman–Crippen MR) is 68.0 cm³/mol. The summed E-state index contributed by atoms with van der Waals surface area (Å²) in [6.07, 6.45) is 4.52. The molecule has 0 aliphatic carbocycles. The zero-order valence-electron chi connectivity index (χ0n) is 9.02. The number of hydrogen-bond acceptors (Lipinski definition) is 4. The van der Waals surface area contributed by atoms with Gasteiger partial charge in [-0.3, -0.25) is 0 Å². The van der Waals surface area contributed by atoms with Crippen LogP contribution in [0.4, 0.5) is 0 Å². The summed E-state index contributed by atoms with van der Waals surface area (Å²) < 4.78 is 5.28. The van der Waals surface area contributed by atoms with E-state index < -0.39 is 0 Å². The molecule has 2 aromatic heterocycles. The van der Waals surface area contributed by atoms with Gasteiger partial charge in [-0.1, -0.05) is 22.9 Å². The average Bonchev–Trinajstić information content (AvgIpc) is 2.96. The number of furan rings is 1. The van der Waals surface area contributed by atoms with Gasteiger partial charge in [-0.25, -0.2) is 0 Å². The van der Waals surface area contributed by atoms with Crippen molar-refractivity contribution in [2.24, 2.45) is 0 Å². The molecule has 0 fully saturated rings. The lowest BCUT2D eigenvalue weighted by molar-refractivity contribution is 0.508. The Hall–Kier alpha value is -0.680. The Morgan fingerprint density at radius 1 is 1.44 bits per heavy atom. The molecule has 0 aromatic carbocycles. The van der Waals surface area contributed by atoms with Crippen LogP contribution in [0.1, 0.15) is 33.9 Å². The van der Waals surface area contributed by atoms with E-state index in [2.05, 4.69) is 33.1 Å². The lowest BCUT2D eigenvalue weighted by atomic mass is 10.2. The molecule has 2 heterocycles. The number of aromatic nitrogens is 2. The molecule has 0 aliphatic rings. The summed E-state index contributed by atoms with van der Waals surface area (Å²) in [7, 11) is 0. The molecule has 0 amide bonds. The van der Waals surface area contributed by atoms with E-state index in [1.54, 1.807) is 17.6 Å². The van der Waals surface area contributed by atoms with Gasteiger partial charge in [0.1, 0.15) is 15.8 Å². The van der Waals surface area contributed by atoms with E-state index in [1.807, 2.05) is 12.1 Å². The van der Waals surface area contributed by atoms with E-state index in [-0.39, 0.29) is 0 Å². The van der Waals surface area contributed by atoms with Crippen LogP contribution in [0.25, 0.3) is 0 Å². The van der Waals surface area contributed by atoms with E-state index in [0.717, 1.165) is 35.0 Å². The summed E-state index contributed by atoms with van der Waals surface area (Å²) >= 11 is 5.25. The van der Waals surface area contributed by atoms with Gasteiger partial charge in [0, 0.05) is 12.8 Å². The Labute approximate surface area is 107 Å². The minimum Gasteiger partial charge on any atom is -0.469 e. The fraction of sp³-hybridized carbons (Fsp3) is 0.455. The van der Waals surface area contributed by atoms with Gasteiger partial charge in [-0.15, -0.1) is 21.5 Å². The molecule has 0 aliphatic heterocycles. The van der Waals surface area contributed by atoms with E-state index in [4.69, 9.17) is 4.42 Å². The Kier molecular flexibility index (Phi) is 4.12. The molecular weight excluding hydrogens is 288 g/mol. The topological polar surface area (TPSA) is 38.9 Å². The molecule has 0 bridgehead atoms. The molecule has 1 atom stereocenters. The summed E-state index contributed by atoms with van der Waals surface area (Å²) in [5, 5.41) is 10.5. The fourth-order valence-electron chi connectivity index (χ4n) is 1.35. The molecular formula is C11H13BrN2OS. The number of rotatable bonds is 5. The van der Waals surface area contributed by atoms with E-state index in [0.29, 0.717) is 4.83 Å².